The van der Waals surface area contributed by atoms with E-state index in [-0.39, 0.29) is 17.7 Å². The second-order valence-corrected chi connectivity index (χ2v) is 6.36. The quantitative estimate of drug-likeness (QED) is 0.835. The standard InChI is InChI=1S/C18H20N2O3/c1-10(2)14-12-5-6-13(14)16(18(22)23)15(12)17(21)20-9-11-4-3-7-19-8-11/h3-8,12-13,15-16H,9H2,1-2H3,(H,20,21)(H,22,23)/t12-,13-,15-,16+/m1/s1. The SMILES string of the molecule is CC(C)=C1[C@H]2C=C[C@H]1[C@@H](C(=O)NCc1cccnc1)[C@H]2C(=O)O. The first-order chi connectivity index (χ1) is 11.0. The Kier molecular flexibility index (Phi) is 4.03. The van der Waals surface area contributed by atoms with Crippen LogP contribution in [0.5, 0.6) is 0 Å². The van der Waals surface area contributed by atoms with Gasteiger partial charge in [0.05, 0.1) is 11.8 Å². The lowest BCUT2D eigenvalue weighted by Gasteiger charge is -2.23. The highest BCUT2D eigenvalue weighted by molar-refractivity contribution is 5.88. The van der Waals surface area contributed by atoms with Crippen molar-refractivity contribution in [3.63, 3.8) is 0 Å². The second kappa shape index (κ2) is 5.99. The molecule has 2 aliphatic carbocycles. The van der Waals surface area contributed by atoms with Crippen LogP contribution in [-0.4, -0.2) is 22.0 Å². The Morgan fingerprint density at radius 3 is 2.48 bits per heavy atom. The Bertz CT molecular complexity index is 689. The minimum Gasteiger partial charge on any atom is -0.481 e. The maximum atomic E-state index is 12.6. The number of allylic oxidation sites excluding steroid dienone is 4. The van der Waals surface area contributed by atoms with Gasteiger partial charge in [0.15, 0.2) is 0 Å². The first-order valence-corrected chi connectivity index (χ1v) is 7.75. The van der Waals surface area contributed by atoms with Gasteiger partial charge in [-0.05, 0) is 25.5 Å². The number of carbonyl (C=O) groups is 2. The summed E-state index contributed by atoms with van der Waals surface area (Å²) in [4.78, 5) is 28.4. The zero-order valence-electron chi connectivity index (χ0n) is 13.2. The van der Waals surface area contributed by atoms with Gasteiger partial charge in [-0.25, -0.2) is 0 Å². The van der Waals surface area contributed by atoms with Crippen molar-refractivity contribution in [3.8, 4) is 0 Å². The van der Waals surface area contributed by atoms with E-state index in [2.05, 4.69) is 10.3 Å². The van der Waals surface area contributed by atoms with E-state index < -0.39 is 17.8 Å². The average Bonchev–Trinajstić information content (AvgIpc) is 3.09. The maximum absolute atomic E-state index is 12.6. The number of amides is 1. The van der Waals surface area contributed by atoms with Crippen molar-refractivity contribution in [1.29, 1.82) is 0 Å². The Balaban J connectivity index is 1.80. The molecule has 1 fully saturated rings. The molecule has 0 spiro atoms. The smallest absolute Gasteiger partial charge is 0.308 e. The van der Waals surface area contributed by atoms with Crippen LogP contribution in [0.15, 0.2) is 47.8 Å². The summed E-state index contributed by atoms with van der Waals surface area (Å²) in [7, 11) is 0. The van der Waals surface area contributed by atoms with Crippen LogP contribution in [0.3, 0.4) is 0 Å². The Labute approximate surface area is 135 Å². The third-order valence-corrected chi connectivity index (χ3v) is 4.76. The van der Waals surface area contributed by atoms with Crippen molar-refractivity contribution in [1.82, 2.24) is 10.3 Å². The zero-order valence-corrected chi connectivity index (χ0v) is 13.2. The highest BCUT2D eigenvalue weighted by atomic mass is 16.4. The van der Waals surface area contributed by atoms with Gasteiger partial charge in [0, 0.05) is 30.8 Å². The number of aromatic nitrogens is 1. The summed E-state index contributed by atoms with van der Waals surface area (Å²) in [5, 5.41) is 12.5. The van der Waals surface area contributed by atoms with Gasteiger partial charge in [-0.1, -0.05) is 29.4 Å². The summed E-state index contributed by atoms with van der Waals surface area (Å²) in [6.07, 6.45) is 7.29. The minimum absolute atomic E-state index is 0.0972. The van der Waals surface area contributed by atoms with Gasteiger partial charge in [-0.15, -0.1) is 0 Å². The van der Waals surface area contributed by atoms with Gasteiger partial charge in [0.1, 0.15) is 0 Å². The number of aliphatic carboxylic acids is 1. The molecule has 23 heavy (non-hydrogen) atoms. The first kappa shape index (κ1) is 15.5. The molecule has 0 unspecified atom stereocenters. The van der Waals surface area contributed by atoms with Crippen LogP contribution in [0.4, 0.5) is 0 Å². The second-order valence-electron chi connectivity index (χ2n) is 6.36. The number of rotatable bonds is 4. The topological polar surface area (TPSA) is 79.3 Å². The van der Waals surface area contributed by atoms with Crippen LogP contribution >= 0.6 is 0 Å². The van der Waals surface area contributed by atoms with Crippen molar-refractivity contribution < 1.29 is 14.7 Å². The number of carbonyl (C=O) groups excluding carboxylic acids is 1. The van der Waals surface area contributed by atoms with Crippen molar-refractivity contribution in [2.75, 3.05) is 0 Å². The van der Waals surface area contributed by atoms with Crippen LogP contribution in [0, 0.1) is 23.7 Å². The van der Waals surface area contributed by atoms with Gasteiger partial charge in [-0.2, -0.15) is 0 Å². The summed E-state index contributed by atoms with van der Waals surface area (Å²) >= 11 is 0. The van der Waals surface area contributed by atoms with Crippen LogP contribution in [0.2, 0.25) is 0 Å². The minimum atomic E-state index is -0.901. The molecule has 0 aliphatic heterocycles. The summed E-state index contributed by atoms with van der Waals surface area (Å²) in [6, 6.07) is 3.69. The molecule has 1 saturated carbocycles. The molecule has 5 nitrogen and oxygen atoms in total. The normalized spacial score (nSPS) is 28.0. The fourth-order valence-electron chi connectivity index (χ4n) is 3.85. The number of carboxylic acids is 1. The van der Waals surface area contributed by atoms with Crippen molar-refractivity contribution in [2.24, 2.45) is 23.7 Å². The first-order valence-electron chi connectivity index (χ1n) is 7.75. The fraction of sp³-hybridized carbons (Fsp3) is 0.389. The molecule has 2 aliphatic rings. The highest BCUT2D eigenvalue weighted by Gasteiger charge is 2.54. The van der Waals surface area contributed by atoms with Gasteiger partial charge < -0.3 is 10.4 Å². The van der Waals surface area contributed by atoms with Gasteiger partial charge in [0.25, 0.3) is 0 Å². The molecule has 1 amide bonds. The monoisotopic (exact) mass is 312 g/mol. The number of hydrogen-bond donors (Lipinski definition) is 2. The molecule has 1 aromatic rings. The van der Waals surface area contributed by atoms with E-state index in [1.165, 1.54) is 0 Å². The van der Waals surface area contributed by atoms with Gasteiger partial charge >= 0.3 is 5.97 Å². The van der Waals surface area contributed by atoms with Crippen molar-refractivity contribution >= 4 is 11.9 Å². The van der Waals surface area contributed by atoms with Gasteiger partial charge in [0.2, 0.25) is 5.91 Å². The molecule has 1 aromatic heterocycles. The molecule has 4 atom stereocenters. The predicted octanol–water partition coefficient (Wildman–Crippen LogP) is 2.17. The molecule has 3 rings (SSSR count). The average molecular weight is 312 g/mol. The summed E-state index contributed by atoms with van der Waals surface area (Å²) in [6.45, 7) is 4.33. The number of pyridine rings is 1. The lowest BCUT2D eigenvalue weighted by Crippen LogP contribution is -2.39. The summed E-state index contributed by atoms with van der Waals surface area (Å²) < 4.78 is 0. The van der Waals surface area contributed by atoms with E-state index in [0.717, 1.165) is 16.7 Å². The Morgan fingerprint density at radius 1 is 1.22 bits per heavy atom. The Morgan fingerprint density at radius 2 is 1.91 bits per heavy atom. The lowest BCUT2D eigenvalue weighted by atomic mass is 9.82. The molecule has 0 aromatic carbocycles. The maximum Gasteiger partial charge on any atom is 0.308 e. The number of nitrogens with one attached hydrogen (secondary N) is 1. The lowest BCUT2D eigenvalue weighted by molar-refractivity contribution is -0.147. The largest absolute Gasteiger partial charge is 0.481 e. The molecule has 0 radical (unpaired) electrons. The summed E-state index contributed by atoms with van der Waals surface area (Å²) in [5.74, 6) is -2.57. The molecule has 2 bridgehead atoms. The molecular formula is C18H20N2O3. The number of nitrogens with zero attached hydrogens (tertiary/aromatic N) is 1. The molecule has 120 valence electrons. The number of hydrogen-bond acceptors (Lipinski definition) is 3. The third kappa shape index (κ3) is 2.67. The fourth-order valence-corrected chi connectivity index (χ4v) is 3.85. The van der Waals surface area contributed by atoms with Crippen molar-refractivity contribution in [3.05, 3.63) is 53.4 Å². The van der Waals surface area contributed by atoms with Crippen LogP contribution in [0.25, 0.3) is 0 Å². The summed E-state index contributed by atoms with van der Waals surface area (Å²) in [5.41, 5.74) is 3.10. The van der Waals surface area contributed by atoms with E-state index in [4.69, 9.17) is 0 Å². The molecule has 5 heteroatoms. The molecule has 0 saturated heterocycles. The zero-order chi connectivity index (χ0) is 16.6. The van der Waals surface area contributed by atoms with E-state index in [1.54, 1.807) is 12.4 Å². The van der Waals surface area contributed by atoms with Crippen LogP contribution in [0.1, 0.15) is 19.4 Å². The highest BCUT2D eigenvalue weighted by Crippen LogP contribution is 2.53. The molecule has 2 N–H and O–H groups in total. The molecular weight excluding hydrogens is 292 g/mol. The number of carboxylic acid groups (broad SMARTS) is 1. The van der Waals surface area contributed by atoms with Gasteiger partial charge in [-0.3, -0.25) is 14.6 Å². The predicted molar refractivity (Wildman–Crippen MR) is 85.2 cm³/mol. The van der Waals surface area contributed by atoms with Crippen LogP contribution < -0.4 is 5.32 Å². The Hall–Kier alpha value is -2.43. The third-order valence-electron chi connectivity index (χ3n) is 4.76. The van der Waals surface area contributed by atoms with E-state index in [0.29, 0.717) is 6.54 Å². The molecule has 1 heterocycles. The van der Waals surface area contributed by atoms with E-state index in [9.17, 15) is 14.7 Å². The van der Waals surface area contributed by atoms with Crippen molar-refractivity contribution in [2.45, 2.75) is 20.4 Å². The van der Waals surface area contributed by atoms with E-state index in [1.807, 2.05) is 38.1 Å². The van der Waals surface area contributed by atoms with Crippen LogP contribution in [-0.2, 0) is 16.1 Å². The number of fused-ring (bicyclic) bond motifs is 2. The van der Waals surface area contributed by atoms with E-state index >= 15 is 0 Å².